The van der Waals surface area contributed by atoms with Gasteiger partial charge in [-0.05, 0) is 58.4 Å². The van der Waals surface area contributed by atoms with E-state index in [0.717, 1.165) is 10.0 Å². The van der Waals surface area contributed by atoms with Crippen LogP contribution in [0.2, 0.25) is 10.0 Å². The molecule has 180 valence electrons. The van der Waals surface area contributed by atoms with Crippen LogP contribution in [-0.4, -0.2) is 23.0 Å². The van der Waals surface area contributed by atoms with Crippen LogP contribution in [0.15, 0.2) is 67.4 Å². The van der Waals surface area contributed by atoms with Crippen LogP contribution in [0.25, 0.3) is 10.9 Å². The highest BCUT2D eigenvalue weighted by molar-refractivity contribution is 9.10. The van der Waals surface area contributed by atoms with Gasteiger partial charge < -0.3 is 9.47 Å². The van der Waals surface area contributed by atoms with Gasteiger partial charge in [0.05, 0.1) is 24.2 Å². The van der Waals surface area contributed by atoms with Crippen molar-refractivity contribution in [3.05, 3.63) is 94.8 Å². The molecular formula is C25H19Br2Cl2N3O3. The molecule has 0 spiro atoms. The SMILES string of the molecule is CCc1nc2ccc(Br)cc2c(=O)n1N=Cc1cc(OC)c(OCc2ccc(Cl)cc2Cl)cc1Br. The predicted octanol–water partition coefficient (Wildman–Crippen LogP) is 7.26. The zero-order chi connectivity index (χ0) is 25.1. The van der Waals surface area contributed by atoms with Gasteiger partial charge in [0.25, 0.3) is 5.56 Å². The second kappa shape index (κ2) is 11.1. The fraction of sp³-hybridized carbons (Fsp3) is 0.160. The molecule has 0 fully saturated rings. The molecule has 0 saturated carbocycles. The van der Waals surface area contributed by atoms with Crippen molar-refractivity contribution in [3.8, 4) is 11.5 Å². The fourth-order valence-electron chi connectivity index (χ4n) is 3.38. The lowest BCUT2D eigenvalue weighted by Gasteiger charge is -2.13. The van der Waals surface area contributed by atoms with Crippen LogP contribution in [0, 0.1) is 0 Å². The molecule has 3 aromatic carbocycles. The minimum atomic E-state index is -0.243. The number of fused-ring (bicyclic) bond motifs is 1. The Balaban J connectivity index is 1.66. The molecule has 0 N–H and O–H groups in total. The molecule has 1 heterocycles. The summed E-state index contributed by atoms with van der Waals surface area (Å²) in [6.07, 6.45) is 2.13. The van der Waals surface area contributed by atoms with Gasteiger partial charge >= 0.3 is 0 Å². The van der Waals surface area contributed by atoms with Gasteiger partial charge in [0, 0.05) is 36.5 Å². The average Bonchev–Trinajstić information content (AvgIpc) is 2.84. The van der Waals surface area contributed by atoms with Crippen molar-refractivity contribution >= 4 is 72.2 Å². The lowest BCUT2D eigenvalue weighted by Crippen LogP contribution is -2.22. The molecule has 0 radical (unpaired) electrons. The van der Waals surface area contributed by atoms with Crippen LogP contribution in [0.3, 0.4) is 0 Å². The molecular weight excluding hydrogens is 621 g/mol. The van der Waals surface area contributed by atoms with E-state index in [2.05, 4.69) is 41.9 Å². The second-order valence-corrected chi connectivity index (χ2v) is 10.1. The van der Waals surface area contributed by atoms with Crippen molar-refractivity contribution in [1.29, 1.82) is 0 Å². The summed E-state index contributed by atoms with van der Waals surface area (Å²) in [5.74, 6) is 1.58. The van der Waals surface area contributed by atoms with Crippen molar-refractivity contribution in [2.75, 3.05) is 7.11 Å². The lowest BCUT2D eigenvalue weighted by molar-refractivity contribution is 0.284. The maximum atomic E-state index is 13.1. The summed E-state index contributed by atoms with van der Waals surface area (Å²) in [4.78, 5) is 17.7. The second-order valence-electron chi connectivity index (χ2n) is 7.45. The van der Waals surface area contributed by atoms with Crippen molar-refractivity contribution in [3.63, 3.8) is 0 Å². The quantitative estimate of drug-likeness (QED) is 0.200. The first-order chi connectivity index (χ1) is 16.8. The molecule has 0 atom stereocenters. The number of benzene rings is 3. The molecule has 0 saturated heterocycles. The third-order valence-electron chi connectivity index (χ3n) is 5.19. The van der Waals surface area contributed by atoms with E-state index < -0.39 is 0 Å². The van der Waals surface area contributed by atoms with E-state index in [9.17, 15) is 4.79 Å². The first kappa shape index (κ1) is 25.7. The van der Waals surface area contributed by atoms with E-state index in [1.165, 1.54) is 4.68 Å². The number of ether oxygens (including phenoxy) is 2. The van der Waals surface area contributed by atoms with E-state index in [1.54, 1.807) is 43.7 Å². The summed E-state index contributed by atoms with van der Waals surface area (Å²) in [6, 6.07) is 14.2. The van der Waals surface area contributed by atoms with Crippen LogP contribution in [0.5, 0.6) is 11.5 Å². The number of aromatic nitrogens is 2. The molecule has 0 aliphatic carbocycles. The number of methoxy groups -OCH3 is 1. The number of nitrogens with zero attached hydrogens (tertiary/aromatic N) is 3. The van der Waals surface area contributed by atoms with Gasteiger partial charge in [0.15, 0.2) is 11.5 Å². The number of aryl methyl sites for hydroxylation is 1. The lowest BCUT2D eigenvalue weighted by atomic mass is 10.2. The zero-order valence-electron chi connectivity index (χ0n) is 18.7. The van der Waals surface area contributed by atoms with Crippen LogP contribution in [0.1, 0.15) is 23.9 Å². The molecule has 10 heteroatoms. The number of halogens is 4. The van der Waals surface area contributed by atoms with Gasteiger partial charge in [0.2, 0.25) is 0 Å². The highest BCUT2D eigenvalue weighted by atomic mass is 79.9. The Morgan fingerprint density at radius 3 is 2.60 bits per heavy atom. The highest BCUT2D eigenvalue weighted by Crippen LogP contribution is 2.34. The summed E-state index contributed by atoms with van der Waals surface area (Å²) < 4.78 is 14.3. The molecule has 35 heavy (non-hydrogen) atoms. The third-order valence-corrected chi connectivity index (χ3v) is 6.95. The first-order valence-corrected chi connectivity index (χ1v) is 12.8. The maximum Gasteiger partial charge on any atom is 0.282 e. The maximum absolute atomic E-state index is 13.1. The van der Waals surface area contributed by atoms with Crippen LogP contribution >= 0.6 is 55.1 Å². The molecule has 1 aromatic heterocycles. The van der Waals surface area contributed by atoms with Gasteiger partial charge in [-0.2, -0.15) is 9.78 Å². The minimum absolute atomic E-state index is 0.236. The standard InChI is InChI=1S/C25H19Br2Cl2N3O3/c1-3-24-31-21-7-5-16(26)9-18(21)25(33)32(24)30-12-15-8-22(34-2)23(11-19(15)27)35-13-14-4-6-17(28)10-20(14)29/h4-12H,3,13H2,1-2H3. The Labute approximate surface area is 228 Å². The van der Waals surface area contributed by atoms with Crippen molar-refractivity contribution in [1.82, 2.24) is 9.66 Å². The Morgan fingerprint density at radius 2 is 1.89 bits per heavy atom. The molecule has 0 unspecified atom stereocenters. The Kier molecular flexibility index (Phi) is 8.16. The van der Waals surface area contributed by atoms with Crippen LogP contribution < -0.4 is 15.0 Å². The largest absolute Gasteiger partial charge is 0.493 e. The highest BCUT2D eigenvalue weighted by Gasteiger charge is 2.13. The van der Waals surface area contributed by atoms with Gasteiger partial charge in [-0.3, -0.25) is 4.79 Å². The Morgan fingerprint density at radius 1 is 1.09 bits per heavy atom. The molecule has 4 rings (SSSR count). The monoisotopic (exact) mass is 637 g/mol. The van der Waals surface area contributed by atoms with E-state index in [-0.39, 0.29) is 12.2 Å². The van der Waals surface area contributed by atoms with E-state index in [4.69, 9.17) is 32.7 Å². The normalized spacial score (nSPS) is 11.4. The summed E-state index contributed by atoms with van der Waals surface area (Å²) in [6.45, 7) is 2.16. The van der Waals surface area contributed by atoms with Crippen LogP contribution in [0.4, 0.5) is 0 Å². The summed E-state index contributed by atoms with van der Waals surface area (Å²) in [5, 5.41) is 6.01. The Hall–Kier alpha value is -2.39. The molecule has 0 bridgehead atoms. The van der Waals surface area contributed by atoms with Crippen molar-refractivity contribution in [2.45, 2.75) is 20.0 Å². The van der Waals surface area contributed by atoms with Gasteiger partial charge in [-0.25, -0.2) is 4.98 Å². The molecule has 0 amide bonds. The minimum Gasteiger partial charge on any atom is -0.493 e. The number of rotatable bonds is 7. The predicted molar refractivity (Wildman–Crippen MR) is 148 cm³/mol. The smallest absolute Gasteiger partial charge is 0.282 e. The van der Waals surface area contributed by atoms with Crippen molar-refractivity contribution in [2.24, 2.45) is 5.10 Å². The summed E-state index contributed by atoms with van der Waals surface area (Å²) in [5.41, 5.74) is 1.88. The average molecular weight is 640 g/mol. The molecule has 4 aromatic rings. The molecule has 6 nitrogen and oxygen atoms in total. The van der Waals surface area contributed by atoms with E-state index in [1.807, 2.05) is 25.1 Å². The van der Waals surface area contributed by atoms with Gasteiger partial charge in [0.1, 0.15) is 12.4 Å². The Bertz CT molecular complexity index is 1510. The first-order valence-electron chi connectivity index (χ1n) is 10.5. The third kappa shape index (κ3) is 5.72. The number of hydrogen-bond acceptors (Lipinski definition) is 5. The molecule has 0 aliphatic rings. The number of hydrogen-bond donors (Lipinski definition) is 0. The van der Waals surface area contributed by atoms with Crippen LogP contribution in [-0.2, 0) is 13.0 Å². The van der Waals surface area contributed by atoms with Gasteiger partial charge in [-0.15, -0.1) is 0 Å². The zero-order valence-corrected chi connectivity index (χ0v) is 23.4. The summed E-state index contributed by atoms with van der Waals surface area (Å²) >= 11 is 19.2. The summed E-state index contributed by atoms with van der Waals surface area (Å²) in [7, 11) is 1.55. The topological polar surface area (TPSA) is 65.7 Å². The fourth-order valence-corrected chi connectivity index (χ4v) is 4.63. The van der Waals surface area contributed by atoms with E-state index >= 15 is 0 Å². The molecule has 0 aliphatic heterocycles. The van der Waals surface area contributed by atoms with Crippen molar-refractivity contribution < 1.29 is 9.47 Å². The van der Waals surface area contributed by atoms with E-state index in [0.29, 0.717) is 54.7 Å². The van der Waals surface area contributed by atoms with Gasteiger partial charge in [-0.1, -0.05) is 52.1 Å².